The summed E-state index contributed by atoms with van der Waals surface area (Å²) in [5.74, 6) is 1.34. The molecule has 1 aromatic carbocycles. The summed E-state index contributed by atoms with van der Waals surface area (Å²) in [6, 6.07) is 7.74. The van der Waals surface area contributed by atoms with E-state index in [4.69, 9.17) is 9.47 Å². The third-order valence-corrected chi connectivity index (χ3v) is 3.26. The van der Waals surface area contributed by atoms with Crippen molar-refractivity contribution in [2.45, 2.75) is 13.8 Å². The molecule has 2 rings (SSSR count). The first-order chi connectivity index (χ1) is 10.2. The van der Waals surface area contributed by atoms with Gasteiger partial charge in [-0.05, 0) is 43.5 Å². The standard InChI is InChI=1S/C16H20N2O3/c1-4-18(11-15(19)21-5-2)16-14-7-6-13(20-3)10-12(14)8-9-17-16/h6-10H,4-5,11H2,1-3H3. The van der Waals surface area contributed by atoms with Crippen LogP contribution in [-0.2, 0) is 9.53 Å². The Kier molecular flexibility index (Phi) is 4.98. The van der Waals surface area contributed by atoms with Crippen molar-refractivity contribution >= 4 is 22.6 Å². The number of hydrogen-bond donors (Lipinski definition) is 0. The third kappa shape index (κ3) is 3.42. The number of pyridine rings is 1. The molecular formula is C16H20N2O3. The van der Waals surface area contributed by atoms with Crippen molar-refractivity contribution in [3.63, 3.8) is 0 Å². The molecule has 112 valence electrons. The van der Waals surface area contributed by atoms with E-state index in [9.17, 15) is 4.79 Å². The molecule has 0 amide bonds. The summed E-state index contributed by atoms with van der Waals surface area (Å²) in [7, 11) is 1.64. The minimum absolute atomic E-state index is 0.197. The quantitative estimate of drug-likeness (QED) is 0.765. The van der Waals surface area contributed by atoms with Crippen LogP contribution in [0.4, 0.5) is 5.82 Å². The summed E-state index contributed by atoms with van der Waals surface area (Å²) in [5, 5.41) is 2.02. The second kappa shape index (κ2) is 6.92. The summed E-state index contributed by atoms with van der Waals surface area (Å²) in [6.07, 6.45) is 1.74. The van der Waals surface area contributed by atoms with Gasteiger partial charge in [0.15, 0.2) is 0 Å². The number of nitrogens with zero attached hydrogens (tertiary/aromatic N) is 2. The lowest BCUT2D eigenvalue weighted by Gasteiger charge is -2.22. The maximum atomic E-state index is 11.7. The molecule has 5 nitrogen and oxygen atoms in total. The lowest BCUT2D eigenvalue weighted by Crippen LogP contribution is -2.31. The molecular weight excluding hydrogens is 268 g/mol. The maximum absolute atomic E-state index is 11.7. The summed E-state index contributed by atoms with van der Waals surface area (Å²) in [5.41, 5.74) is 0. The highest BCUT2D eigenvalue weighted by Crippen LogP contribution is 2.27. The van der Waals surface area contributed by atoms with E-state index in [0.29, 0.717) is 13.2 Å². The molecule has 0 N–H and O–H groups in total. The van der Waals surface area contributed by atoms with E-state index >= 15 is 0 Å². The van der Waals surface area contributed by atoms with Crippen molar-refractivity contribution < 1.29 is 14.3 Å². The number of aromatic nitrogens is 1. The number of benzene rings is 1. The average Bonchev–Trinajstić information content (AvgIpc) is 2.51. The van der Waals surface area contributed by atoms with Crippen LogP contribution in [0, 0.1) is 0 Å². The van der Waals surface area contributed by atoms with Gasteiger partial charge in [-0.15, -0.1) is 0 Å². The molecule has 0 aliphatic rings. The van der Waals surface area contributed by atoms with Gasteiger partial charge in [0.25, 0.3) is 0 Å². The van der Waals surface area contributed by atoms with Gasteiger partial charge in [0.1, 0.15) is 18.1 Å². The van der Waals surface area contributed by atoms with Crippen molar-refractivity contribution in [3.05, 3.63) is 30.5 Å². The number of fused-ring (bicyclic) bond motifs is 1. The first-order valence-electron chi connectivity index (χ1n) is 7.02. The Morgan fingerprint density at radius 3 is 2.76 bits per heavy atom. The Bertz CT molecular complexity index is 628. The van der Waals surface area contributed by atoms with Crippen molar-refractivity contribution in [2.24, 2.45) is 0 Å². The van der Waals surface area contributed by atoms with E-state index in [1.807, 2.05) is 36.1 Å². The van der Waals surface area contributed by atoms with Crippen LogP contribution in [0.1, 0.15) is 13.8 Å². The number of likely N-dealkylation sites (N-methyl/N-ethyl adjacent to an activating group) is 1. The van der Waals surface area contributed by atoms with Crippen LogP contribution in [0.25, 0.3) is 10.8 Å². The molecule has 0 spiro atoms. The van der Waals surface area contributed by atoms with Gasteiger partial charge < -0.3 is 14.4 Å². The van der Waals surface area contributed by atoms with Gasteiger partial charge >= 0.3 is 5.97 Å². The molecule has 0 aliphatic heterocycles. The summed E-state index contributed by atoms with van der Waals surface area (Å²) < 4.78 is 10.3. The molecule has 0 atom stereocenters. The van der Waals surface area contributed by atoms with Crippen LogP contribution in [0.5, 0.6) is 5.75 Å². The van der Waals surface area contributed by atoms with Crippen LogP contribution in [0.3, 0.4) is 0 Å². The number of hydrogen-bond acceptors (Lipinski definition) is 5. The molecule has 0 unspecified atom stereocenters. The first-order valence-corrected chi connectivity index (χ1v) is 7.02. The van der Waals surface area contributed by atoms with E-state index in [1.54, 1.807) is 20.2 Å². The number of carbonyl (C=O) groups is 1. The van der Waals surface area contributed by atoms with Crippen molar-refractivity contribution in [2.75, 3.05) is 31.7 Å². The van der Waals surface area contributed by atoms with Crippen molar-refractivity contribution in [1.82, 2.24) is 4.98 Å². The molecule has 0 bridgehead atoms. The fourth-order valence-electron chi connectivity index (χ4n) is 2.22. The highest BCUT2D eigenvalue weighted by Gasteiger charge is 2.14. The second-order valence-corrected chi connectivity index (χ2v) is 4.54. The van der Waals surface area contributed by atoms with E-state index in [1.165, 1.54) is 0 Å². The molecule has 0 fully saturated rings. The Balaban J connectivity index is 2.37. The molecule has 2 aromatic rings. The molecule has 1 aromatic heterocycles. The minimum atomic E-state index is -0.244. The lowest BCUT2D eigenvalue weighted by molar-refractivity contribution is -0.141. The number of rotatable bonds is 6. The Morgan fingerprint density at radius 2 is 2.10 bits per heavy atom. The SMILES string of the molecule is CCOC(=O)CN(CC)c1nccc2cc(OC)ccc12. The average molecular weight is 288 g/mol. The second-order valence-electron chi connectivity index (χ2n) is 4.54. The largest absolute Gasteiger partial charge is 0.497 e. The minimum Gasteiger partial charge on any atom is -0.497 e. The third-order valence-electron chi connectivity index (χ3n) is 3.26. The molecule has 21 heavy (non-hydrogen) atoms. The topological polar surface area (TPSA) is 51.7 Å². The van der Waals surface area contributed by atoms with Gasteiger partial charge in [-0.25, -0.2) is 4.98 Å². The molecule has 0 radical (unpaired) electrons. The Hall–Kier alpha value is -2.30. The zero-order valence-electron chi connectivity index (χ0n) is 12.6. The van der Waals surface area contributed by atoms with Crippen molar-refractivity contribution in [1.29, 1.82) is 0 Å². The van der Waals surface area contributed by atoms with E-state index in [0.717, 1.165) is 22.3 Å². The van der Waals surface area contributed by atoms with Crippen molar-refractivity contribution in [3.8, 4) is 5.75 Å². The zero-order valence-corrected chi connectivity index (χ0v) is 12.6. The van der Waals surface area contributed by atoms with Gasteiger partial charge in [0, 0.05) is 18.1 Å². The molecule has 0 saturated heterocycles. The van der Waals surface area contributed by atoms with E-state index < -0.39 is 0 Å². The summed E-state index contributed by atoms with van der Waals surface area (Å²) in [6.45, 7) is 5.05. The Morgan fingerprint density at radius 1 is 1.29 bits per heavy atom. The van der Waals surface area contributed by atoms with Gasteiger partial charge in [-0.3, -0.25) is 4.79 Å². The molecule has 1 heterocycles. The predicted molar refractivity (Wildman–Crippen MR) is 82.8 cm³/mol. The molecule has 0 saturated carbocycles. The number of carbonyl (C=O) groups excluding carboxylic acids is 1. The van der Waals surface area contributed by atoms with Gasteiger partial charge in [-0.2, -0.15) is 0 Å². The molecule has 0 aliphatic carbocycles. The molecule has 5 heteroatoms. The summed E-state index contributed by atoms with van der Waals surface area (Å²) >= 11 is 0. The van der Waals surface area contributed by atoms with Gasteiger partial charge in [0.05, 0.1) is 13.7 Å². The Labute approximate surface area is 124 Å². The summed E-state index contributed by atoms with van der Waals surface area (Å²) in [4.78, 5) is 18.0. The smallest absolute Gasteiger partial charge is 0.325 e. The number of methoxy groups -OCH3 is 1. The number of anilines is 1. The van der Waals surface area contributed by atoms with Crippen LogP contribution >= 0.6 is 0 Å². The van der Waals surface area contributed by atoms with Gasteiger partial charge in [-0.1, -0.05) is 0 Å². The first kappa shape index (κ1) is 15.1. The number of esters is 1. The maximum Gasteiger partial charge on any atom is 0.325 e. The van der Waals surface area contributed by atoms with E-state index in [2.05, 4.69) is 4.98 Å². The van der Waals surface area contributed by atoms with Crippen LogP contribution in [0.15, 0.2) is 30.5 Å². The number of ether oxygens (including phenoxy) is 2. The van der Waals surface area contributed by atoms with Crippen LogP contribution in [-0.4, -0.2) is 37.8 Å². The zero-order chi connectivity index (χ0) is 15.2. The lowest BCUT2D eigenvalue weighted by atomic mass is 10.1. The monoisotopic (exact) mass is 288 g/mol. The van der Waals surface area contributed by atoms with Crippen LogP contribution < -0.4 is 9.64 Å². The fraction of sp³-hybridized carbons (Fsp3) is 0.375. The normalized spacial score (nSPS) is 10.4. The van der Waals surface area contributed by atoms with E-state index in [-0.39, 0.29) is 12.5 Å². The highest BCUT2D eigenvalue weighted by atomic mass is 16.5. The van der Waals surface area contributed by atoms with Gasteiger partial charge in [0.2, 0.25) is 0 Å². The van der Waals surface area contributed by atoms with Crippen LogP contribution in [0.2, 0.25) is 0 Å². The fourth-order valence-corrected chi connectivity index (χ4v) is 2.22. The predicted octanol–water partition coefficient (Wildman–Crippen LogP) is 2.63. The highest BCUT2D eigenvalue weighted by molar-refractivity contribution is 5.94.